The van der Waals surface area contributed by atoms with Gasteiger partial charge in [0, 0.05) is 0 Å². The van der Waals surface area contributed by atoms with E-state index in [1.165, 1.54) is 0 Å². The molecule has 0 radical (unpaired) electrons. The predicted molar refractivity (Wildman–Crippen MR) is 83.9 cm³/mol. The standard InChI is InChI=1S/C15H23N3O4S/c16-14(19)12-8-5-6-9(7-8)13(12)17-15-18-23(20,21)11-4-2-1-3-10(11)22-15/h8-13H,1-7H2,(H2,16,19)(H,17,18)/t8-,9+,10?,11?,12-,13+/m1/s1. The Kier molecular flexibility index (Phi) is 3.55. The molecule has 3 saturated carbocycles. The predicted octanol–water partition coefficient (Wildman–Crippen LogP) is 0.503. The normalized spacial score (nSPS) is 46.0. The van der Waals surface area contributed by atoms with Crippen LogP contribution in [0, 0.1) is 17.8 Å². The van der Waals surface area contributed by atoms with Gasteiger partial charge in [-0.2, -0.15) is 0 Å². The van der Waals surface area contributed by atoms with E-state index in [4.69, 9.17) is 10.5 Å². The van der Waals surface area contributed by atoms with Gasteiger partial charge in [-0.1, -0.05) is 6.42 Å². The van der Waals surface area contributed by atoms with Gasteiger partial charge >= 0.3 is 0 Å². The maximum absolute atomic E-state index is 12.4. The Morgan fingerprint density at radius 2 is 1.91 bits per heavy atom. The zero-order valence-electron chi connectivity index (χ0n) is 13.0. The molecule has 0 aromatic carbocycles. The molecule has 4 fully saturated rings. The number of aliphatic imine (C=N–C) groups is 1. The first-order valence-electron chi connectivity index (χ1n) is 8.51. The molecule has 0 aromatic heterocycles. The molecule has 3 N–H and O–H groups in total. The number of hydrogen-bond acceptors (Lipinski definition) is 5. The van der Waals surface area contributed by atoms with Crippen LogP contribution in [0.5, 0.6) is 0 Å². The maximum Gasteiger partial charge on any atom is 0.299 e. The molecule has 1 amide bonds. The summed E-state index contributed by atoms with van der Waals surface area (Å²) in [6, 6.07) is -0.180. The molecule has 1 saturated heterocycles. The van der Waals surface area contributed by atoms with E-state index in [9.17, 15) is 13.2 Å². The number of ether oxygens (including phenoxy) is 1. The lowest BCUT2D eigenvalue weighted by molar-refractivity contribution is -0.123. The third-order valence-electron chi connectivity index (χ3n) is 6.00. The number of fused-ring (bicyclic) bond motifs is 3. The number of carbonyl (C=O) groups excluding carboxylic acids is 1. The van der Waals surface area contributed by atoms with Gasteiger partial charge < -0.3 is 10.5 Å². The lowest BCUT2D eigenvalue weighted by Crippen LogP contribution is -2.54. The van der Waals surface area contributed by atoms with Crippen LogP contribution in [-0.2, 0) is 19.6 Å². The second-order valence-corrected chi connectivity index (χ2v) is 9.21. The Morgan fingerprint density at radius 1 is 1.17 bits per heavy atom. The number of nitrogens with zero attached hydrogens (tertiary/aromatic N) is 1. The van der Waals surface area contributed by atoms with Crippen molar-refractivity contribution in [2.45, 2.75) is 62.3 Å². The zero-order chi connectivity index (χ0) is 16.2. The van der Waals surface area contributed by atoms with Crippen molar-refractivity contribution in [3.05, 3.63) is 0 Å². The van der Waals surface area contributed by atoms with E-state index in [1.807, 2.05) is 0 Å². The van der Waals surface area contributed by atoms with Crippen molar-refractivity contribution in [3.8, 4) is 0 Å². The third-order valence-corrected chi connectivity index (χ3v) is 7.80. The summed E-state index contributed by atoms with van der Waals surface area (Å²) in [5.41, 5.74) is 5.55. The number of amidine groups is 1. The minimum atomic E-state index is -3.45. The quantitative estimate of drug-likeness (QED) is 0.762. The molecule has 23 heavy (non-hydrogen) atoms. The molecule has 1 heterocycles. The zero-order valence-corrected chi connectivity index (χ0v) is 13.8. The van der Waals surface area contributed by atoms with E-state index in [-0.39, 0.29) is 35.9 Å². The molecular formula is C15H23N3O4S. The number of rotatable bonds is 2. The Labute approximate surface area is 136 Å². The average Bonchev–Trinajstić information content (AvgIpc) is 3.07. The lowest BCUT2D eigenvalue weighted by atomic mass is 9.84. The number of nitrogens with two attached hydrogens (primary N) is 1. The first-order valence-corrected chi connectivity index (χ1v) is 10.1. The fourth-order valence-electron chi connectivity index (χ4n) is 4.96. The molecule has 3 aliphatic carbocycles. The monoisotopic (exact) mass is 341 g/mol. The Balaban J connectivity index is 1.60. The van der Waals surface area contributed by atoms with Crippen molar-refractivity contribution in [3.63, 3.8) is 0 Å². The van der Waals surface area contributed by atoms with Gasteiger partial charge in [0.2, 0.25) is 15.9 Å². The summed E-state index contributed by atoms with van der Waals surface area (Å²) in [6.45, 7) is 0. The van der Waals surface area contributed by atoms with Gasteiger partial charge in [-0.15, -0.1) is 0 Å². The van der Waals surface area contributed by atoms with Crippen LogP contribution in [0.3, 0.4) is 0 Å². The van der Waals surface area contributed by atoms with Gasteiger partial charge in [-0.25, -0.2) is 18.1 Å². The molecular weight excluding hydrogens is 318 g/mol. The van der Waals surface area contributed by atoms with Crippen LogP contribution in [0.2, 0.25) is 0 Å². The molecule has 6 atom stereocenters. The van der Waals surface area contributed by atoms with Crippen molar-refractivity contribution in [1.82, 2.24) is 4.72 Å². The average molecular weight is 341 g/mol. The molecule has 0 spiro atoms. The highest BCUT2D eigenvalue weighted by Crippen LogP contribution is 2.50. The van der Waals surface area contributed by atoms with Crippen LogP contribution >= 0.6 is 0 Å². The second-order valence-electron chi connectivity index (χ2n) is 7.31. The number of carbonyl (C=O) groups is 1. The highest BCUT2D eigenvalue weighted by atomic mass is 32.2. The third kappa shape index (κ3) is 2.51. The summed E-state index contributed by atoms with van der Waals surface area (Å²) >= 11 is 0. The van der Waals surface area contributed by atoms with E-state index < -0.39 is 15.3 Å². The van der Waals surface area contributed by atoms with Crippen LogP contribution in [0.4, 0.5) is 0 Å². The fraction of sp³-hybridized carbons (Fsp3) is 0.867. The van der Waals surface area contributed by atoms with Gasteiger partial charge in [0.15, 0.2) is 0 Å². The largest absolute Gasteiger partial charge is 0.460 e. The van der Waals surface area contributed by atoms with Crippen LogP contribution in [0.1, 0.15) is 44.9 Å². The number of nitrogens with one attached hydrogen (secondary N) is 1. The van der Waals surface area contributed by atoms with Crippen LogP contribution < -0.4 is 10.5 Å². The number of amides is 1. The van der Waals surface area contributed by atoms with E-state index in [2.05, 4.69) is 9.71 Å². The summed E-state index contributed by atoms with van der Waals surface area (Å²) in [5, 5.41) is -0.484. The van der Waals surface area contributed by atoms with Crippen molar-refractivity contribution < 1.29 is 17.9 Å². The molecule has 0 aromatic rings. The van der Waals surface area contributed by atoms with Gasteiger partial charge in [0.25, 0.3) is 6.02 Å². The van der Waals surface area contributed by atoms with Gasteiger partial charge in [-0.3, -0.25) is 4.79 Å². The van der Waals surface area contributed by atoms with Crippen molar-refractivity contribution in [1.29, 1.82) is 0 Å². The maximum atomic E-state index is 12.4. The fourth-order valence-corrected chi connectivity index (χ4v) is 6.52. The highest BCUT2D eigenvalue weighted by molar-refractivity contribution is 7.90. The molecule has 2 unspecified atom stereocenters. The molecule has 2 bridgehead atoms. The van der Waals surface area contributed by atoms with E-state index >= 15 is 0 Å². The SMILES string of the molecule is NC(=O)[C@@H]1[C@@H]2CC[C@@H](C2)[C@@H]1N=C1NS(=O)(=O)C2CCCCC2O1. The van der Waals surface area contributed by atoms with E-state index in [0.717, 1.165) is 38.5 Å². The highest BCUT2D eigenvalue weighted by Gasteiger charge is 2.51. The minimum absolute atomic E-state index is 0.0666. The molecule has 128 valence electrons. The first kappa shape index (κ1) is 15.2. The number of sulfonamides is 1. The van der Waals surface area contributed by atoms with E-state index in [0.29, 0.717) is 12.3 Å². The molecule has 4 rings (SSSR count). The summed E-state index contributed by atoms with van der Waals surface area (Å²) in [6.07, 6.45) is 5.92. The molecule has 7 nitrogen and oxygen atoms in total. The van der Waals surface area contributed by atoms with Crippen LogP contribution in [-0.4, -0.2) is 37.7 Å². The topological polar surface area (TPSA) is 111 Å². The minimum Gasteiger partial charge on any atom is -0.460 e. The molecule has 1 aliphatic heterocycles. The number of hydrogen-bond donors (Lipinski definition) is 2. The van der Waals surface area contributed by atoms with Crippen LogP contribution in [0.15, 0.2) is 4.99 Å². The molecule has 8 heteroatoms. The Morgan fingerprint density at radius 3 is 2.70 bits per heavy atom. The number of primary amides is 1. The second kappa shape index (κ2) is 5.36. The summed E-state index contributed by atoms with van der Waals surface area (Å²) in [7, 11) is -3.45. The Hall–Kier alpha value is -1.31. The Bertz CT molecular complexity index is 647. The first-order chi connectivity index (χ1) is 11.0. The van der Waals surface area contributed by atoms with Crippen molar-refractivity contribution >= 4 is 22.0 Å². The van der Waals surface area contributed by atoms with Gasteiger partial charge in [0.05, 0.1) is 12.0 Å². The van der Waals surface area contributed by atoms with Crippen molar-refractivity contribution in [2.75, 3.05) is 0 Å². The van der Waals surface area contributed by atoms with Gasteiger partial charge in [-0.05, 0) is 50.4 Å². The smallest absolute Gasteiger partial charge is 0.299 e. The summed E-state index contributed by atoms with van der Waals surface area (Å²) in [4.78, 5) is 16.3. The molecule has 4 aliphatic rings. The van der Waals surface area contributed by atoms with Gasteiger partial charge in [0.1, 0.15) is 11.4 Å². The van der Waals surface area contributed by atoms with Crippen LogP contribution in [0.25, 0.3) is 0 Å². The van der Waals surface area contributed by atoms with Crippen molar-refractivity contribution in [2.24, 2.45) is 28.5 Å². The van der Waals surface area contributed by atoms with E-state index in [1.54, 1.807) is 0 Å². The summed E-state index contributed by atoms with van der Waals surface area (Å²) < 4.78 is 33.1. The lowest BCUT2D eigenvalue weighted by Gasteiger charge is -2.37. The summed E-state index contributed by atoms with van der Waals surface area (Å²) in [5.74, 6) is -0.0316.